The van der Waals surface area contributed by atoms with E-state index in [-0.39, 0.29) is 22.7 Å². The smallest absolute Gasteiger partial charge is 0.272 e. The van der Waals surface area contributed by atoms with Crippen molar-refractivity contribution in [3.63, 3.8) is 0 Å². The van der Waals surface area contributed by atoms with E-state index < -0.39 is 25.9 Å². The number of thiophene rings is 1. The van der Waals surface area contributed by atoms with Gasteiger partial charge in [0.1, 0.15) is 11.0 Å². The van der Waals surface area contributed by atoms with Crippen LogP contribution >= 0.6 is 11.3 Å². The van der Waals surface area contributed by atoms with Crippen molar-refractivity contribution in [3.05, 3.63) is 86.1 Å². The molecule has 10 heteroatoms. The molecule has 31 heavy (non-hydrogen) atoms. The molecule has 1 unspecified atom stereocenters. The van der Waals surface area contributed by atoms with Crippen molar-refractivity contribution in [2.75, 3.05) is 13.7 Å². The average molecular weight is 461 g/mol. The zero-order chi connectivity index (χ0) is 22.6. The van der Waals surface area contributed by atoms with E-state index in [1.807, 2.05) is 0 Å². The SMILES string of the molecule is COc1ccc(S(=O)(=O)C(CNC(=O)c2ccc([N+](=O)[O-])c(C)c2)c2cccs2)cc1. The number of sulfone groups is 1. The summed E-state index contributed by atoms with van der Waals surface area (Å²) in [5.41, 5.74) is 0.475. The summed E-state index contributed by atoms with van der Waals surface area (Å²) in [6, 6.07) is 13.5. The number of nitrogens with zero attached hydrogens (tertiary/aromatic N) is 1. The highest BCUT2D eigenvalue weighted by atomic mass is 32.2. The van der Waals surface area contributed by atoms with E-state index in [9.17, 15) is 23.3 Å². The number of nitro benzene ring substituents is 1. The molecule has 1 atom stereocenters. The molecule has 1 heterocycles. The fourth-order valence-corrected chi connectivity index (χ4v) is 5.84. The lowest BCUT2D eigenvalue weighted by molar-refractivity contribution is -0.385. The summed E-state index contributed by atoms with van der Waals surface area (Å²) >= 11 is 1.29. The standard InChI is InChI=1S/C21H20N2O6S2/c1-14-12-15(5-10-18(14)23(25)26)21(24)22-13-20(19-4-3-11-30-19)31(27,28)17-8-6-16(29-2)7-9-17/h3-12,20H,13H2,1-2H3,(H,22,24). The largest absolute Gasteiger partial charge is 0.497 e. The number of ether oxygens (including phenoxy) is 1. The highest BCUT2D eigenvalue weighted by Gasteiger charge is 2.30. The second-order valence-electron chi connectivity index (χ2n) is 6.69. The number of nitro groups is 1. The van der Waals surface area contributed by atoms with Crippen molar-refractivity contribution in [2.45, 2.75) is 17.1 Å². The third-order valence-corrected chi connectivity index (χ3v) is 7.96. The van der Waals surface area contributed by atoms with Crippen LogP contribution in [0.2, 0.25) is 0 Å². The number of carbonyl (C=O) groups is 1. The third kappa shape index (κ3) is 4.92. The zero-order valence-corrected chi connectivity index (χ0v) is 18.4. The van der Waals surface area contributed by atoms with E-state index >= 15 is 0 Å². The maximum Gasteiger partial charge on any atom is 0.272 e. The van der Waals surface area contributed by atoms with Crippen molar-refractivity contribution in [3.8, 4) is 5.75 Å². The average Bonchev–Trinajstić information content (AvgIpc) is 3.27. The Morgan fingerprint density at radius 3 is 2.45 bits per heavy atom. The number of hydrogen-bond acceptors (Lipinski definition) is 7. The molecule has 3 aromatic rings. The van der Waals surface area contributed by atoms with Gasteiger partial charge in [0.25, 0.3) is 11.6 Å². The lowest BCUT2D eigenvalue weighted by atomic mass is 10.1. The minimum atomic E-state index is -3.80. The Bertz CT molecular complexity index is 1190. The van der Waals surface area contributed by atoms with Crippen molar-refractivity contribution < 1.29 is 22.9 Å². The van der Waals surface area contributed by atoms with Gasteiger partial charge in [0.2, 0.25) is 0 Å². The van der Waals surface area contributed by atoms with Gasteiger partial charge in [-0.2, -0.15) is 0 Å². The first kappa shape index (κ1) is 22.4. The van der Waals surface area contributed by atoms with Crippen LogP contribution in [-0.2, 0) is 9.84 Å². The molecule has 8 nitrogen and oxygen atoms in total. The van der Waals surface area contributed by atoms with Crippen LogP contribution in [0.25, 0.3) is 0 Å². The molecule has 0 aliphatic rings. The van der Waals surface area contributed by atoms with Gasteiger partial charge in [0.15, 0.2) is 9.84 Å². The minimum Gasteiger partial charge on any atom is -0.497 e. The Morgan fingerprint density at radius 2 is 1.90 bits per heavy atom. The monoisotopic (exact) mass is 460 g/mol. The highest BCUT2D eigenvalue weighted by molar-refractivity contribution is 7.91. The van der Waals surface area contributed by atoms with E-state index in [4.69, 9.17) is 4.74 Å². The number of hydrogen-bond donors (Lipinski definition) is 1. The minimum absolute atomic E-state index is 0.0879. The molecule has 1 aromatic heterocycles. The molecule has 162 valence electrons. The van der Waals surface area contributed by atoms with E-state index in [1.165, 1.54) is 55.7 Å². The van der Waals surface area contributed by atoms with Gasteiger partial charge in [-0.05, 0) is 54.8 Å². The molecule has 3 rings (SSSR count). The van der Waals surface area contributed by atoms with Gasteiger partial charge < -0.3 is 10.1 Å². The van der Waals surface area contributed by atoms with Crippen LogP contribution in [0.5, 0.6) is 5.75 Å². The lowest BCUT2D eigenvalue weighted by Crippen LogP contribution is -2.31. The molecule has 1 amide bonds. The van der Waals surface area contributed by atoms with Crippen LogP contribution in [0.15, 0.2) is 64.9 Å². The molecular formula is C21H20N2O6S2. The van der Waals surface area contributed by atoms with Gasteiger partial charge in [0.05, 0.1) is 16.9 Å². The van der Waals surface area contributed by atoms with E-state index in [0.717, 1.165) is 0 Å². The maximum absolute atomic E-state index is 13.3. The van der Waals surface area contributed by atoms with Crippen LogP contribution in [0, 0.1) is 17.0 Å². The van der Waals surface area contributed by atoms with Gasteiger partial charge in [-0.15, -0.1) is 11.3 Å². The van der Waals surface area contributed by atoms with Crippen LogP contribution < -0.4 is 10.1 Å². The topological polar surface area (TPSA) is 116 Å². The van der Waals surface area contributed by atoms with E-state index in [2.05, 4.69) is 5.32 Å². The molecule has 2 aromatic carbocycles. The number of methoxy groups -OCH3 is 1. The summed E-state index contributed by atoms with van der Waals surface area (Å²) in [6.45, 7) is 1.39. The van der Waals surface area contributed by atoms with E-state index in [1.54, 1.807) is 29.6 Å². The number of aryl methyl sites for hydroxylation is 1. The quantitative estimate of drug-likeness (QED) is 0.402. The maximum atomic E-state index is 13.3. The summed E-state index contributed by atoms with van der Waals surface area (Å²) in [7, 11) is -2.31. The van der Waals surface area contributed by atoms with Crippen LogP contribution in [-0.4, -0.2) is 32.9 Å². The van der Waals surface area contributed by atoms with Crippen molar-refractivity contribution in [1.29, 1.82) is 0 Å². The fraction of sp³-hybridized carbons (Fsp3) is 0.190. The molecule has 0 fully saturated rings. The predicted molar refractivity (Wildman–Crippen MR) is 117 cm³/mol. The first-order valence-electron chi connectivity index (χ1n) is 9.18. The Balaban J connectivity index is 1.84. The summed E-state index contributed by atoms with van der Waals surface area (Å²) in [5, 5.41) is 14.4. The number of carbonyl (C=O) groups excluding carboxylic acids is 1. The summed E-state index contributed by atoms with van der Waals surface area (Å²) in [5.74, 6) is 0.0259. The van der Waals surface area contributed by atoms with Gasteiger partial charge in [-0.25, -0.2) is 8.42 Å². The second kappa shape index (κ2) is 9.27. The van der Waals surface area contributed by atoms with Crippen LogP contribution in [0.3, 0.4) is 0 Å². The normalized spacial score (nSPS) is 12.2. The summed E-state index contributed by atoms with van der Waals surface area (Å²) in [6.07, 6.45) is 0. The lowest BCUT2D eigenvalue weighted by Gasteiger charge is -2.18. The van der Waals surface area contributed by atoms with E-state index in [0.29, 0.717) is 16.2 Å². The summed E-state index contributed by atoms with van der Waals surface area (Å²) in [4.78, 5) is 23.8. The van der Waals surface area contributed by atoms with Crippen molar-refractivity contribution in [2.24, 2.45) is 0 Å². The first-order valence-corrected chi connectivity index (χ1v) is 11.6. The van der Waals surface area contributed by atoms with Crippen LogP contribution in [0.1, 0.15) is 26.0 Å². The Hall–Kier alpha value is -3.24. The molecule has 0 radical (unpaired) electrons. The number of rotatable bonds is 8. The van der Waals surface area contributed by atoms with Gasteiger partial charge in [-0.3, -0.25) is 14.9 Å². The van der Waals surface area contributed by atoms with Crippen LogP contribution in [0.4, 0.5) is 5.69 Å². The van der Waals surface area contributed by atoms with Gasteiger partial charge >= 0.3 is 0 Å². The molecule has 0 aliphatic heterocycles. The number of amides is 1. The van der Waals surface area contributed by atoms with Gasteiger partial charge in [-0.1, -0.05) is 6.07 Å². The fourth-order valence-electron chi connectivity index (χ4n) is 3.06. The second-order valence-corrected chi connectivity index (χ2v) is 9.80. The Labute approximate surface area is 183 Å². The van der Waals surface area contributed by atoms with Crippen molar-refractivity contribution in [1.82, 2.24) is 5.32 Å². The molecule has 0 saturated heterocycles. The predicted octanol–water partition coefficient (Wildman–Crippen LogP) is 3.92. The van der Waals surface area contributed by atoms with Gasteiger partial charge in [0, 0.05) is 28.6 Å². The molecule has 0 aliphatic carbocycles. The molecule has 1 N–H and O–H groups in total. The Kier molecular flexibility index (Phi) is 6.71. The Morgan fingerprint density at radius 1 is 1.19 bits per heavy atom. The zero-order valence-electron chi connectivity index (χ0n) is 16.8. The third-order valence-electron chi connectivity index (χ3n) is 4.73. The first-order chi connectivity index (χ1) is 14.7. The number of nitrogens with one attached hydrogen (secondary N) is 1. The molecule has 0 saturated carbocycles. The highest BCUT2D eigenvalue weighted by Crippen LogP contribution is 2.32. The molecule has 0 spiro atoms. The van der Waals surface area contributed by atoms with Crippen molar-refractivity contribution >= 4 is 32.8 Å². The number of benzene rings is 2. The molecule has 0 bridgehead atoms. The summed E-state index contributed by atoms with van der Waals surface area (Å²) < 4.78 is 31.7. The molecular weight excluding hydrogens is 440 g/mol.